The standard InChI is InChI=1S/C14H14Cl2N2O/c1-8-6-9(2)18(17-8)10(3)14(19)12-5-4-11(15)7-13(12)16/h4-7,10H,1-3H3. The molecule has 0 fully saturated rings. The highest BCUT2D eigenvalue weighted by molar-refractivity contribution is 6.36. The fourth-order valence-corrected chi connectivity index (χ4v) is 2.57. The van der Waals surface area contributed by atoms with Crippen LogP contribution >= 0.6 is 23.2 Å². The number of carbonyl (C=O) groups is 1. The predicted molar refractivity (Wildman–Crippen MR) is 77.2 cm³/mol. The van der Waals surface area contributed by atoms with Crippen molar-refractivity contribution in [2.75, 3.05) is 0 Å². The molecule has 0 saturated carbocycles. The molecule has 1 aromatic carbocycles. The number of Topliss-reactive ketones (excluding diaryl/α,β-unsaturated/α-hetero) is 1. The third-order valence-corrected chi connectivity index (χ3v) is 3.54. The van der Waals surface area contributed by atoms with Crippen molar-refractivity contribution in [3.63, 3.8) is 0 Å². The van der Waals surface area contributed by atoms with Gasteiger partial charge in [0.15, 0.2) is 5.78 Å². The minimum atomic E-state index is -0.396. The molecule has 0 spiro atoms. The minimum absolute atomic E-state index is 0.0760. The predicted octanol–water partition coefficient (Wildman–Crippen LogP) is 4.25. The van der Waals surface area contributed by atoms with Gasteiger partial charge in [-0.1, -0.05) is 23.2 Å². The van der Waals surface area contributed by atoms with Crippen LogP contribution in [0.3, 0.4) is 0 Å². The molecule has 1 heterocycles. The first-order valence-electron chi connectivity index (χ1n) is 5.92. The maximum Gasteiger partial charge on any atom is 0.188 e. The van der Waals surface area contributed by atoms with Crippen molar-refractivity contribution in [2.24, 2.45) is 0 Å². The molecule has 0 aliphatic heterocycles. The van der Waals surface area contributed by atoms with Crippen LogP contribution in [0.1, 0.15) is 34.7 Å². The Hall–Kier alpha value is -1.32. The second-order valence-corrected chi connectivity index (χ2v) is 5.38. The lowest BCUT2D eigenvalue weighted by atomic mass is 10.1. The van der Waals surface area contributed by atoms with E-state index < -0.39 is 6.04 Å². The van der Waals surface area contributed by atoms with Gasteiger partial charge in [0.1, 0.15) is 6.04 Å². The summed E-state index contributed by atoms with van der Waals surface area (Å²) in [6.07, 6.45) is 0. The van der Waals surface area contributed by atoms with Gasteiger partial charge in [-0.25, -0.2) is 0 Å². The molecule has 19 heavy (non-hydrogen) atoms. The highest BCUT2D eigenvalue weighted by Crippen LogP contribution is 2.25. The summed E-state index contributed by atoms with van der Waals surface area (Å²) in [6, 6.07) is 6.42. The highest BCUT2D eigenvalue weighted by Gasteiger charge is 2.21. The number of hydrogen-bond donors (Lipinski definition) is 0. The molecule has 2 aromatic rings. The Bertz CT molecular complexity index is 634. The first-order valence-corrected chi connectivity index (χ1v) is 6.67. The number of halogens is 2. The number of rotatable bonds is 3. The smallest absolute Gasteiger partial charge is 0.188 e. The maximum atomic E-state index is 12.5. The number of benzene rings is 1. The number of nitrogens with zero attached hydrogens (tertiary/aromatic N) is 2. The first kappa shape index (κ1) is 14.1. The summed E-state index contributed by atoms with van der Waals surface area (Å²) < 4.78 is 1.71. The van der Waals surface area contributed by atoms with E-state index in [9.17, 15) is 4.79 Å². The van der Waals surface area contributed by atoms with Gasteiger partial charge in [-0.3, -0.25) is 9.48 Å². The molecule has 0 N–H and O–H groups in total. The van der Waals surface area contributed by atoms with Gasteiger partial charge in [0.2, 0.25) is 0 Å². The van der Waals surface area contributed by atoms with Crippen LogP contribution < -0.4 is 0 Å². The lowest BCUT2D eigenvalue weighted by Crippen LogP contribution is -2.19. The van der Waals surface area contributed by atoms with Crippen molar-refractivity contribution in [1.82, 2.24) is 9.78 Å². The van der Waals surface area contributed by atoms with Gasteiger partial charge in [-0.2, -0.15) is 5.10 Å². The van der Waals surface area contributed by atoms with E-state index in [0.29, 0.717) is 15.6 Å². The van der Waals surface area contributed by atoms with E-state index in [4.69, 9.17) is 23.2 Å². The normalized spacial score (nSPS) is 12.5. The van der Waals surface area contributed by atoms with E-state index in [0.717, 1.165) is 11.4 Å². The molecule has 5 heteroatoms. The molecule has 1 aromatic heterocycles. The number of hydrogen-bond acceptors (Lipinski definition) is 2. The molecule has 0 aliphatic rings. The lowest BCUT2D eigenvalue weighted by molar-refractivity contribution is 0.0926. The fraction of sp³-hybridized carbons (Fsp3) is 0.286. The zero-order valence-electron chi connectivity index (χ0n) is 10.9. The number of aryl methyl sites for hydroxylation is 2. The van der Waals surface area contributed by atoms with E-state index >= 15 is 0 Å². The van der Waals surface area contributed by atoms with Crippen LogP contribution in [-0.2, 0) is 0 Å². The molecule has 0 bridgehead atoms. The summed E-state index contributed by atoms with van der Waals surface area (Å²) >= 11 is 11.9. The van der Waals surface area contributed by atoms with Crippen molar-refractivity contribution < 1.29 is 4.79 Å². The summed E-state index contributed by atoms with van der Waals surface area (Å²) in [5.41, 5.74) is 2.30. The Balaban J connectivity index is 2.36. The minimum Gasteiger partial charge on any atom is -0.292 e. The monoisotopic (exact) mass is 296 g/mol. The van der Waals surface area contributed by atoms with E-state index in [1.165, 1.54) is 0 Å². The Morgan fingerprint density at radius 3 is 2.47 bits per heavy atom. The molecule has 0 saturated heterocycles. The second-order valence-electron chi connectivity index (χ2n) is 4.54. The molecule has 0 amide bonds. The molecule has 3 nitrogen and oxygen atoms in total. The molecule has 1 unspecified atom stereocenters. The topological polar surface area (TPSA) is 34.9 Å². The van der Waals surface area contributed by atoms with Crippen LogP contribution in [0, 0.1) is 13.8 Å². The zero-order chi connectivity index (χ0) is 14.2. The van der Waals surface area contributed by atoms with Crippen LogP contribution in [-0.4, -0.2) is 15.6 Å². The lowest BCUT2D eigenvalue weighted by Gasteiger charge is -2.14. The largest absolute Gasteiger partial charge is 0.292 e. The summed E-state index contributed by atoms with van der Waals surface area (Å²) in [5, 5.41) is 5.21. The molecule has 0 radical (unpaired) electrons. The fourth-order valence-electron chi connectivity index (χ4n) is 2.06. The van der Waals surface area contributed by atoms with Crippen molar-refractivity contribution >= 4 is 29.0 Å². The Kier molecular flexibility index (Phi) is 3.97. The van der Waals surface area contributed by atoms with Gasteiger partial charge in [-0.15, -0.1) is 0 Å². The van der Waals surface area contributed by atoms with Crippen molar-refractivity contribution in [2.45, 2.75) is 26.8 Å². The number of ketones is 1. The average molecular weight is 297 g/mol. The average Bonchev–Trinajstić information content (AvgIpc) is 2.67. The summed E-state index contributed by atoms with van der Waals surface area (Å²) in [7, 11) is 0. The molecule has 0 aliphatic carbocycles. The first-order chi connectivity index (χ1) is 8.90. The van der Waals surface area contributed by atoms with Crippen molar-refractivity contribution in [1.29, 1.82) is 0 Å². The second kappa shape index (κ2) is 5.35. The van der Waals surface area contributed by atoms with Gasteiger partial charge in [0.05, 0.1) is 10.7 Å². The molecule has 100 valence electrons. The highest BCUT2D eigenvalue weighted by atomic mass is 35.5. The van der Waals surface area contributed by atoms with Crippen LogP contribution in [0.25, 0.3) is 0 Å². The van der Waals surface area contributed by atoms with Gasteiger partial charge >= 0.3 is 0 Å². The Morgan fingerprint density at radius 2 is 1.95 bits per heavy atom. The quantitative estimate of drug-likeness (QED) is 0.794. The van der Waals surface area contributed by atoms with Crippen LogP contribution in [0.2, 0.25) is 10.0 Å². The Morgan fingerprint density at radius 1 is 1.26 bits per heavy atom. The van der Waals surface area contributed by atoms with Gasteiger partial charge < -0.3 is 0 Å². The summed E-state index contributed by atoms with van der Waals surface area (Å²) in [5.74, 6) is -0.0760. The SMILES string of the molecule is Cc1cc(C)n(C(C)C(=O)c2ccc(Cl)cc2Cl)n1. The molecular formula is C14H14Cl2N2O. The van der Waals surface area contributed by atoms with Gasteiger partial charge in [0.25, 0.3) is 0 Å². The van der Waals surface area contributed by atoms with Gasteiger partial charge in [-0.05, 0) is 45.0 Å². The Labute approximate surface area is 122 Å². The molecular weight excluding hydrogens is 283 g/mol. The molecule has 1 atom stereocenters. The number of carbonyl (C=O) groups excluding carboxylic acids is 1. The van der Waals surface area contributed by atoms with Crippen molar-refractivity contribution in [3.05, 3.63) is 51.3 Å². The summed E-state index contributed by atoms with van der Waals surface area (Å²) in [4.78, 5) is 12.5. The van der Waals surface area contributed by atoms with Crippen LogP contribution in [0.15, 0.2) is 24.3 Å². The zero-order valence-corrected chi connectivity index (χ0v) is 12.5. The van der Waals surface area contributed by atoms with E-state index in [-0.39, 0.29) is 5.78 Å². The molecule has 2 rings (SSSR count). The summed E-state index contributed by atoms with van der Waals surface area (Å²) in [6.45, 7) is 5.63. The third-order valence-electron chi connectivity index (χ3n) is 2.99. The van der Waals surface area contributed by atoms with E-state index in [2.05, 4.69) is 5.10 Å². The number of aromatic nitrogens is 2. The van der Waals surface area contributed by atoms with E-state index in [1.807, 2.05) is 26.8 Å². The van der Waals surface area contributed by atoms with Crippen LogP contribution in [0.4, 0.5) is 0 Å². The van der Waals surface area contributed by atoms with Gasteiger partial charge in [0, 0.05) is 16.3 Å². The van der Waals surface area contributed by atoms with E-state index in [1.54, 1.807) is 22.9 Å². The van der Waals surface area contributed by atoms with Crippen LogP contribution in [0.5, 0.6) is 0 Å². The van der Waals surface area contributed by atoms with Crippen molar-refractivity contribution in [3.8, 4) is 0 Å². The maximum absolute atomic E-state index is 12.5. The third kappa shape index (κ3) is 2.82.